The molecule has 0 bridgehead atoms. The molecule has 0 spiro atoms. The van der Waals surface area contributed by atoms with Gasteiger partial charge in [0.05, 0.1) is 19.8 Å². The molecule has 5 heteroatoms. The van der Waals surface area contributed by atoms with Gasteiger partial charge >= 0.3 is 0 Å². The second kappa shape index (κ2) is 9.26. The van der Waals surface area contributed by atoms with Crippen molar-refractivity contribution in [1.82, 2.24) is 5.32 Å². The molecule has 1 rings (SSSR count). The highest BCUT2D eigenvalue weighted by molar-refractivity contribution is 6.31. The lowest BCUT2D eigenvalue weighted by molar-refractivity contribution is 0.0542. The summed E-state index contributed by atoms with van der Waals surface area (Å²) in [6, 6.07) is 5.70. The van der Waals surface area contributed by atoms with E-state index in [1.54, 1.807) is 7.11 Å². The molecule has 0 aliphatic carbocycles. The Balaban J connectivity index is 2.51. The Morgan fingerprint density at radius 1 is 1.10 bits per heavy atom. The molecule has 0 unspecified atom stereocenters. The van der Waals surface area contributed by atoms with E-state index in [-0.39, 0.29) is 5.54 Å². The normalized spacial score (nSPS) is 11.7. The zero-order valence-corrected chi connectivity index (χ0v) is 14.1. The van der Waals surface area contributed by atoms with Crippen molar-refractivity contribution in [3.63, 3.8) is 0 Å². The van der Waals surface area contributed by atoms with Crippen LogP contribution < -0.4 is 10.1 Å². The number of methoxy groups -OCH3 is 1. The Morgan fingerprint density at radius 3 is 2.48 bits per heavy atom. The molecule has 0 radical (unpaired) electrons. The van der Waals surface area contributed by atoms with Crippen molar-refractivity contribution in [1.29, 1.82) is 0 Å². The van der Waals surface area contributed by atoms with Crippen molar-refractivity contribution < 1.29 is 14.2 Å². The molecule has 0 saturated carbocycles. The van der Waals surface area contributed by atoms with Gasteiger partial charge < -0.3 is 19.5 Å². The molecule has 0 amide bonds. The van der Waals surface area contributed by atoms with Gasteiger partial charge in [0.1, 0.15) is 12.4 Å². The number of hydrogen-bond donors (Lipinski definition) is 1. The van der Waals surface area contributed by atoms with E-state index in [0.29, 0.717) is 38.0 Å². The number of benzene rings is 1. The van der Waals surface area contributed by atoms with Crippen LogP contribution in [0.15, 0.2) is 18.2 Å². The van der Waals surface area contributed by atoms with Crippen molar-refractivity contribution in [2.75, 3.05) is 33.5 Å². The Hall–Kier alpha value is -0.810. The minimum absolute atomic E-state index is 0.0275. The lowest BCUT2D eigenvalue weighted by Crippen LogP contribution is -2.35. The first kappa shape index (κ1) is 18.2. The van der Waals surface area contributed by atoms with Gasteiger partial charge in [-0.3, -0.25) is 0 Å². The molecular weight excluding hydrogens is 290 g/mol. The molecule has 1 N–H and O–H groups in total. The van der Waals surface area contributed by atoms with Gasteiger partial charge in [0, 0.05) is 29.8 Å². The maximum Gasteiger partial charge on any atom is 0.125 e. The van der Waals surface area contributed by atoms with Crippen LogP contribution in [0.3, 0.4) is 0 Å². The van der Waals surface area contributed by atoms with Crippen molar-refractivity contribution >= 4 is 11.6 Å². The molecule has 0 aliphatic heterocycles. The van der Waals surface area contributed by atoms with Crippen LogP contribution in [0.5, 0.6) is 5.75 Å². The molecule has 0 heterocycles. The fourth-order valence-corrected chi connectivity index (χ4v) is 1.89. The molecule has 21 heavy (non-hydrogen) atoms. The van der Waals surface area contributed by atoms with Gasteiger partial charge in [0.25, 0.3) is 0 Å². The Bertz CT molecular complexity index is 418. The van der Waals surface area contributed by atoms with Crippen molar-refractivity contribution in [2.24, 2.45) is 0 Å². The van der Waals surface area contributed by atoms with E-state index < -0.39 is 0 Å². The first-order chi connectivity index (χ1) is 9.94. The van der Waals surface area contributed by atoms with Gasteiger partial charge in [-0.1, -0.05) is 17.7 Å². The van der Waals surface area contributed by atoms with E-state index in [0.717, 1.165) is 11.3 Å². The number of ether oxygens (including phenoxy) is 3. The Morgan fingerprint density at radius 2 is 1.81 bits per heavy atom. The first-order valence-corrected chi connectivity index (χ1v) is 7.54. The van der Waals surface area contributed by atoms with Crippen LogP contribution in [-0.4, -0.2) is 39.1 Å². The highest BCUT2D eigenvalue weighted by Crippen LogP contribution is 2.26. The predicted molar refractivity (Wildman–Crippen MR) is 86.2 cm³/mol. The standard InChI is InChI=1S/C16H26ClNO3/c1-16(2,3)18-12-13-14(17)6-5-7-15(13)21-11-10-20-9-8-19-4/h5-7,18H,8-12H2,1-4H3. The van der Waals surface area contributed by atoms with Gasteiger partial charge in [0.2, 0.25) is 0 Å². The van der Waals surface area contributed by atoms with Gasteiger partial charge in [-0.15, -0.1) is 0 Å². The van der Waals surface area contributed by atoms with Gasteiger partial charge in [-0.05, 0) is 32.9 Å². The van der Waals surface area contributed by atoms with E-state index in [1.165, 1.54) is 0 Å². The van der Waals surface area contributed by atoms with Crippen LogP contribution in [0.2, 0.25) is 5.02 Å². The third-order valence-corrected chi connectivity index (χ3v) is 3.14. The van der Waals surface area contributed by atoms with E-state index in [2.05, 4.69) is 26.1 Å². The Labute approximate surface area is 132 Å². The molecule has 120 valence electrons. The lowest BCUT2D eigenvalue weighted by Gasteiger charge is -2.22. The van der Waals surface area contributed by atoms with Crippen molar-refractivity contribution in [2.45, 2.75) is 32.9 Å². The van der Waals surface area contributed by atoms with Crippen LogP contribution in [0.25, 0.3) is 0 Å². The van der Waals surface area contributed by atoms with E-state index in [9.17, 15) is 0 Å². The molecule has 0 fully saturated rings. The molecule has 0 atom stereocenters. The second-order valence-corrected chi connectivity index (χ2v) is 6.18. The lowest BCUT2D eigenvalue weighted by atomic mass is 10.1. The molecule has 0 aliphatic rings. The summed E-state index contributed by atoms with van der Waals surface area (Å²) in [6.45, 7) is 9.22. The topological polar surface area (TPSA) is 39.7 Å². The third kappa shape index (κ3) is 7.67. The largest absolute Gasteiger partial charge is 0.491 e. The quantitative estimate of drug-likeness (QED) is 0.710. The SMILES string of the molecule is COCCOCCOc1cccc(Cl)c1CNC(C)(C)C. The minimum atomic E-state index is 0.0275. The van der Waals surface area contributed by atoms with Crippen LogP contribution in [0.1, 0.15) is 26.3 Å². The smallest absolute Gasteiger partial charge is 0.125 e. The summed E-state index contributed by atoms with van der Waals surface area (Å²) in [5.41, 5.74) is 1.01. The number of rotatable bonds is 9. The maximum absolute atomic E-state index is 6.27. The van der Waals surface area contributed by atoms with Crippen LogP contribution in [-0.2, 0) is 16.0 Å². The summed E-state index contributed by atoms with van der Waals surface area (Å²) in [5.74, 6) is 0.801. The number of hydrogen-bond acceptors (Lipinski definition) is 4. The van der Waals surface area contributed by atoms with Crippen LogP contribution >= 0.6 is 11.6 Å². The zero-order chi connectivity index (χ0) is 15.7. The molecule has 1 aromatic carbocycles. The van der Waals surface area contributed by atoms with E-state index in [1.807, 2.05) is 18.2 Å². The summed E-state index contributed by atoms with van der Waals surface area (Å²) in [6.07, 6.45) is 0. The Kier molecular flexibility index (Phi) is 8.04. The summed E-state index contributed by atoms with van der Waals surface area (Å²) in [4.78, 5) is 0. The van der Waals surface area contributed by atoms with E-state index in [4.69, 9.17) is 25.8 Å². The number of halogens is 1. The highest BCUT2D eigenvalue weighted by Gasteiger charge is 2.13. The van der Waals surface area contributed by atoms with Gasteiger partial charge in [-0.25, -0.2) is 0 Å². The summed E-state index contributed by atoms with van der Waals surface area (Å²) < 4.78 is 16.1. The molecule has 4 nitrogen and oxygen atoms in total. The van der Waals surface area contributed by atoms with Crippen molar-refractivity contribution in [3.05, 3.63) is 28.8 Å². The van der Waals surface area contributed by atoms with Crippen LogP contribution in [0, 0.1) is 0 Å². The third-order valence-electron chi connectivity index (χ3n) is 2.79. The molecule has 0 aromatic heterocycles. The summed E-state index contributed by atoms with van der Waals surface area (Å²) >= 11 is 6.27. The van der Waals surface area contributed by atoms with Crippen molar-refractivity contribution in [3.8, 4) is 5.75 Å². The van der Waals surface area contributed by atoms with Gasteiger partial charge in [0.15, 0.2) is 0 Å². The average Bonchev–Trinajstić information content (AvgIpc) is 2.40. The zero-order valence-electron chi connectivity index (χ0n) is 13.4. The van der Waals surface area contributed by atoms with Gasteiger partial charge in [-0.2, -0.15) is 0 Å². The molecular formula is C16H26ClNO3. The van der Waals surface area contributed by atoms with Crippen LogP contribution in [0.4, 0.5) is 0 Å². The monoisotopic (exact) mass is 315 g/mol. The summed E-state index contributed by atoms with van der Waals surface area (Å²) in [7, 11) is 1.65. The first-order valence-electron chi connectivity index (χ1n) is 7.16. The average molecular weight is 316 g/mol. The molecule has 0 saturated heterocycles. The van der Waals surface area contributed by atoms with E-state index >= 15 is 0 Å². The summed E-state index contributed by atoms with van der Waals surface area (Å²) in [5, 5.41) is 4.14. The minimum Gasteiger partial charge on any atom is -0.491 e. The highest BCUT2D eigenvalue weighted by atomic mass is 35.5. The number of nitrogens with one attached hydrogen (secondary N) is 1. The molecule has 1 aromatic rings. The fourth-order valence-electron chi connectivity index (χ4n) is 1.65. The maximum atomic E-state index is 6.27. The predicted octanol–water partition coefficient (Wildman–Crippen LogP) is 3.27. The fraction of sp³-hybridized carbons (Fsp3) is 0.625. The second-order valence-electron chi connectivity index (χ2n) is 5.77.